The van der Waals surface area contributed by atoms with Gasteiger partial charge in [0.15, 0.2) is 0 Å². The zero-order chi connectivity index (χ0) is 20.4. The Bertz CT molecular complexity index is 692. The molecule has 0 radical (unpaired) electrons. The third-order valence-electron chi connectivity index (χ3n) is 4.49. The van der Waals surface area contributed by atoms with Crippen LogP contribution in [0.4, 0.5) is 0 Å². The van der Waals surface area contributed by atoms with E-state index in [1.165, 1.54) is 16.4 Å². The number of carbonyl (C=O) groups excluding carboxylic acids is 1. The molecule has 1 fully saturated rings. The minimum atomic E-state index is -3.54. The van der Waals surface area contributed by atoms with Crippen LogP contribution in [0, 0.1) is 0 Å². The van der Waals surface area contributed by atoms with Crippen LogP contribution in [0.1, 0.15) is 24.2 Å². The molecule has 1 amide bonds. The second kappa shape index (κ2) is 11.5. The van der Waals surface area contributed by atoms with Gasteiger partial charge in [-0.1, -0.05) is 13.8 Å². The number of carbonyl (C=O) groups is 1. The van der Waals surface area contributed by atoms with Gasteiger partial charge in [-0.25, -0.2) is 8.42 Å². The number of hydrogen-bond acceptors (Lipinski definition) is 6. The molecule has 0 atom stereocenters. The standard InChI is InChI=1S/C19H30N2O6S/c1-3-21(4-2)28(23,24)18-7-5-17(6-8-18)19(22)20-9-11-25-13-15-27-16-14-26-12-10-20/h5-8H,3-4,9-16H2,1-2H3. The zero-order valence-electron chi connectivity index (χ0n) is 16.6. The summed E-state index contributed by atoms with van der Waals surface area (Å²) in [5.74, 6) is -0.174. The predicted octanol–water partition coefficient (Wildman–Crippen LogP) is 1.22. The van der Waals surface area contributed by atoms with Gasteiger partial charge in [0.05, 0.1) is 44.5 Å². The Labute approximate surface area is 167 Å². The van der Waals surface area contributed by atoms with Gasteiger partial charge in [0.1, 0.15) is 0 Å². The first-order chi connectivity index (χ1) is 13.5. The van der Waals surface area contributed by atoms with Crippen LogP contribution < -0.4 is 0 Å². The van der Waals surface area contributed by atoms with Gasteiger partial charge in [-0.05, 0) is 24.3 Å². The summed E-state index contributed by atoms with van der Waals surface area (Å²) in [5.41, 5.74) is 0.439. The van der Waals surface area contributed by atoms with Crippen LogP contribution in [0.25, 0.3) is 0 Å². The van der Waals surface area contributed by atoms with Gasteiger partial charge in [0, 0.05) is 31.7 Å². The molecule has 0 aromatic heterocycles. The third-order valence-corrected chi connectivity index (χ3v) is 6.55. The van der Waals surface area contributed by atoms with Crippen LogP contribution >= 0.6 is 0 Å². The molecule has 8 nitrogen and oxygen atoms in total. The summed E-state index contributed by atoms with van der Waals surface area (Å²) in [6.07, 6.45) is 0. The Hall–Kier alpha value is -1.52. The lowest BCUT2D eigenvalue weighted by Crippen LogP contribution is -2.37. The van der Waals surface area contributed by atoms with E-state index in [4.69, 9.17) is 14.2 Å². The van der Waals surface area contributed by atoms with Crippen LogP contribution in [-0.2, 0) is 24.2 Å². The smallest absolute Gasteiger partial charge is 0.254 e. The molecule has 0 bridgehead atoms. The maximum absolute atomic E-state index is 12.9. The van der Waals surface area contributed by atoms with Crippen molar-refractivity contribution in [1.82, 2.24) is 9.21 Å². The van der Waals surface area contributed by atoms with Crippen molar-refractivity contribution in [2.45, 2.75) is 18.7 Å². The van der Waals surface area contributed by atoms with Crippen LogP contribution in [0.5, 0.6) is 0 Å². The fraction of sp³-hybridized carbons (Fsp3) is 0.632. The normalized spacial score (nSPS) is 17.8. The van der Waals surface area contributed by atoms with E-state index < -0.39 is 10.0 Å². The van der Waals surface area contributed by atoms with Crippen LogP contribution in [-0.4, -0.2) is 89.4 Å². The predicted molar refractivity (Wildman–Crippen MR) is 105 cm³/mol. The molecule has 0 aliphatic carbocycles. The molecule has 1 saturated heterocycles. The van der Waals surface area contributed by atoms with E-state index in [-0.39, 0.29) is 10.8 Å². The SMILES string of the molecule is CCN(CC)S(=O)(=O)c1ccc(C(=O)N2CCOCCOCCOCC2)cc1. The quantitative estimate of drug-likeness (QED) is 0.720. The van der Waals surface area contributed by atoms with Gasteiger partial charge in [-0.15, -0.1) is 0 Å². The van der Waals surface area contributed by atoms with Gasteiger partial charge in [-0.2, -0.15) is 4.31 Å². The Balaban J connectivity index is 2.08. The Kier molecular flexibility index (Phi) is 9.33. The number of ether oxygens (including phenoxy) is 3. The van der Waals surface area contributed by atoms with Gasteiger partial charge in [-0.3, -0.25) is 4.79 Å². The molecule has 1 aromatic rings. The molecule has 1 aromatic carbocycles. The van der Waals surface area contributed by atoms with Crippen molar-refractivity contribution in [2.75, 3.05) is 65.8 Å². The topological polar surface area (TPSA) is 85.4 Å². The van der Waals surface area contributed by atoms with E-state index >= 15 is 0 Å². The molecule has 1 aliphatic heterocycles. The minimum Gasteiger partial charge on any atom is -0.377 e. The lowest BCUT2D eigenvalue weighted by molar-refractivity contribution is -0.00434. The summed E-state index contributed by atoms with van der Waals surface area (Å²) in [6.45, 7) is 8.02. The molecular weight excluding hydrogens is 384 g/mol. The highest BCUT2D eigenvalue weighted by atomic mass is 32.2. The number of nitrogens with zero attached hydrogens (tertiary/aromatic N) is 2. The van der Waals surface area contributed by atoms with Crippen molar-refractivity contribution in [2.24, 2.45) is 0 Å². The molecule has 0 spiro atoms. The largest absolute Gasteiger partial charge is 0.377 e. The zero-order valence-corrected chi connectivity index (χ0v) is 17.4. The molecule has 0 N–H and O–H groups in total. The number of sulfonamides is 1. The highest BCUT2D eigenvalue weighted by Gasteiger charge is 2.22. The van der Waals surface area contributed by atoms with Crippen molar-refractivity contribution in [1.29, 1.82) is 0 Å². The Morgan fingerprint density at radius 3 is 1.82 bits per heavy atom. The van der Waals surface area contributed by atoms with Crippen molar-refractivity contribution >= 4 is 15.9 Å². The minimum absolute atomic E-state index is 0.174. The monoisotopic (exact) mass is 414 g/mol. The van der Waals surface area contributed by atoms with Crippen molar-refractivity contribution < 1.29 is 27.4 Å². The average Bonchev–Trinajstić information content (AvgIpc) is 2.69. The van der Waals surface area contributed by atoms with Gasteiger partial charge < -0.3 is 19.1 Å². The summed E-state index contributed by atoms with van der Waals surface area (Å²) < 4.78 is 42.9. The Morgan fingerprint density at radius 1 is 0.893 bits per heavy atom. The fourth-order valence-electron chi connectivity index (χ4n) is 2.87. The maximum atomic E-state index is 12.9. The highest BCUT2D eigenvalue weighted by molar-refractivity contribution is 7.89. The molecule has 1 heterocycles. The lowest BCUT2D eigenvalue weighted by Gasteiger charge is -2.24. The van der Waals surface area contributed by atoms with Crippen molar-refractivity contribution in [3.05, 3.63) is 29.8 Å². The van der Waals surface area contributed by atoms with Crippen molar-refractivity contribution in [3.63, 3.8) is 0 Å². The summed E-state index contributed by atoms with van der Waals surface area (Å²) in [4.78, 5) is 14.7. The van der Waals surface area contributed by atoms with Crippen LogP contribution in [0.3, 0.4) is 0 Å². The molecular formula is C19H30N2O6S. The molecule has 28 heavy (non-hydrogen) atoms. The summed E-state index contributed by atoms with van der Waals surface area (Å²) in [7, 11) is -3.54. The van der Waals surface area contributed by atoms with E-state index in [9.17, 15) is 13.2 Å². The van der Waals surface area contributed by atoms with E-state index in [1.54, 1.807) is 30.9 Å². The van der Waals surface area contributed by atoms with E-state index in [0.29, 0.717) is 71.4 Å². The highest BCUT2D eigenvalue weighted by Crippen LogP contribution is 2.17. The number of rotatable bonds is 5. The van der Waals surface area contributed by atoms with Gasteiger partial charge >= 0.3 is 0 Å². The van der Waals surface area contributed by atoms with E-state index in [2.05, 4.69) is 0 Å². The van der Waals surface area contributed by atoms with Crippen LogP contribution in [0.2, 0.25) is 0 Å². The average molecular weight is 415 g/mol. The van der Waals surface area contributed by atoms with Crippen LogP contribution in [0.15, 0.2) is 29.2 Å². The molecule has 158 valence electrons. The molecule has 0 saturated carbocycles. The number of hydrogen-bond donors (Lipinski definition) is 0. The number of benzene rings is 1. The molecule has 0 unspecified atom stereocenters. The van der Waals surface area contributed by atoms with E-state index in [1.807, 2.05) is 0 Å². The second-order valence-electron chi connectivity index (χ2n) is 6.24. The maximum Gasteiger partial charge on any atom is 0.254 e. The van der Waals surface area contributed by atoms with Crippen molar-refractivity contribution in [3.8, 4) is 0 Å². The van der Waals surface area contributed by atoms with E-state index in [0.717, 1.165) is 0 Å². The molecule has 2 rings (SSSR count). The molecule has 9 heteroatoms. The summed E-state index contributed by atoms with van der Waals surface area (Å²) in [5, 5.41) is 0. The Morgan fingerprint density at radius 2 is 1.36 bits per heavy atom. The summed E-state index contributed by atoms with van der Waals surface area (Å²) >= 11 is 0. The van der Waals surface area contributed by atoms with Gasteiger partial charge in [0.2, 0.25) is 10.0 Å². The first kappa shape index (κ1) is 22.8. The first-order valence-electron chi connectivity index (χ1n) is 9.63. The summed E-state index contributed by atoms with van der Waals surface area (Å²) in [6, 6.07) is 6.10. The fourth-order valence-corrected chi connectivity index (χ4v) is 4.33. The lowest BCUT2D eigenvalue weighted by atomic mass is 10.2. The molecule has 1 aliphatic rings. The second-order valence-corrected chi connectivity index (χ2v) is 8.18. The third kappa shape index (κ3) is 6.25. The first-order valence-corrected chi connectivity index (χ1v) is 11.1. The van der Waals surface area contributed by atoms with Gasteiger partial charge in [0.25, 0.3) is 5.91 Å². The number of amides is 1.